The lowest BCUT2D eigenvalue weighted by Gasteiger charge is -2.56. The Morgan fingerprint density at radius 3 is 2.79 bits per heavy atom. The van der Waals surface area contributed by atoms with Crippen LogP contribution in [0.3, 0.4) is 0 Å². The zero-order valence-electron chi connectivity index (χ0n) is 14.4. The molecule has 2 aliphatic rings. The van der Waals surface area contributed by atoms with Gasteiger partial charge < -0.3 is 14.7 Å². The molecule has 1 aliphatic carbocycles. The molecule has 5 nitrogen and oxygen atoms in total. The Bertz CT molecular complexity index is 733. The summed E-state index contributed by atoms with van der Waals surface area (Å²) in [5.74, 6) is 1.02. The number of rotatable bonds is 3. The van der Waals surface area contributed by atoms with Crippen molar-refractivity contribution in [2.75, 3.05) is 24.6 Å². The molecule has 2 heterocycles. The molecule has 1 N–H and O–H groups in total. The van der Waals surface area contributed by atoms with Gasteiger partial charge in [0, 0.05) is 36.9 Å². The van der Waals surface area contributed by atoms with Crippen molar-refractivity contribution in [1.82, 2.24) is 9.97 Å². The Kier molecular flexibility index (Phi) is 3.93. The van der Waals surface area contributed by atoms with Crippen LogP contribution in [0.15, 0.2) is 24.5 Å². The average Bonchev–Trinajstić information content (AvgIpc) is 2.61. The second-order valence-electron chi connectivity index (χ2n) is 7.08. The van der Waals surface area contributed by atoms with Crippen LogP contribution >= 0.6 is 0 Å². The number of aliphatic hydroxyl groups excluding tert-OH is 1. The standard InChI is InChI=1S/C19H25N3O2/c1-3-24-16-11-15(23)19(16)7-9-22(10-8-19)18-17-13(2)5-4-6-14(17)20-12-21-18/h4-6,12,15-16,23H,3,7-11H2,1-2H3/t15-,16-/m1/s1. The molecule has 128 valence electrons. The third-order valence-corrected chi connectivity index (χ3v) is 5.96. The van der Waals surface area contributed by atoms with Gasteiger partial charge in [-0.3, -0.25) is 0 Å². The first-order valence-corrected chi connectivity index (χ1v) is 8.90. The molecule has 5 heteroatoms. The molecule has 4 rings (SSSR count). The van der Waals surface area contributed by atoms with Crippen molar-refractivity contribution >= 4 is 16.7 Å². The van der Waals surface area contributed by atoms with Gasteiger partial charge in [-0.25, -0.2) is 9.97 Å². The zero-order valence-corrected chi connectivity index (χ0v) is 14.4. The number of piperidine rings is 1. The van der Waals surface area contributed by atoms with Crippen LogP contribution < -0.4 is 4.90 Å². The van der Waals surface area contributed by atoms with Crippen LogP contribution in [-0.4, -0.2) is 47.0 Å². The maximum atomic E-state index is 10.4. The van der Waals surface area contributed by atoms with E-state index in [4.69, 9.17) is 4.74 Å². The largest absolute Gasteiger partial charge is 0.392 e. The van der Waals surface area contributed by atoms with Gasteiger partial charge in [0.2, 0.25) is 0 Å². The summed E-state index contributed by atoms with van der Waals surface area (Å²) in [5.41, 5.74) is 2.15. The van der Waals surface area contributed by atoms with Gasteiger partial charge in [0.1, 0.15) is 12.1 Å². The highest BCUT2D eigenvalue weighted by atomic mass is 16.5. The molecular formula is C19H25N3O2. The molecule has 1 aromatic heterocycles. The second kappa shape index (κ2) is 5.97. The molecule has 24 heavy (non-hydrogen) atoms. The van der Waals surface area contributed by atoms with Crippen molar-refractivity contribution in [3.8, 4) is 0 Å². The molecular weight excluding hydrogens is 302 g/mol. The lowest BCUT2D eigenvalue weighted by molar-refractivity contribution is -0.199. The molecule has 2 fully saturated rings. The van der Waals surface area contributed by atoms with Gasteiger partial charge in [-0.2, -0.15) is 0 Å². The molecule has 1 aromatic carbocycles. The molecule has 1 aliphatic heterocycles. The molecule has 0 radical (unpaired) electrons. The van der Waals surface area contributed by atoms with Gasteiger partial charge in [-0.1, -0.05) is 12.1 Å². The maximum Gasteiger partial charge on any atom is 0.140 e. The van der Waals surface area contributed by atoms with E-state index in [1.807, 2.05) is 19.1 Å². The Morgan fingerprint density at radius 2 is 2.08 bits per heavy atom. The second-order valence-corrected chi connectivity index (χ2v) is 7.08. The van der Waals surface area contributed by atoms with Gasteiger partial charge in [-0.15, -0.1) is 0 Å². The number of aryl methyl sites for hydroxylation is 1. The number of fused-ring (bicyclic) bond motifs is 1. The van der Waals surface area contributed by atoms with Crippen molar-refractivity contribution in [3.63, 3.8) is 0 Å². The summed E-state index contributed by atoms with van der Waals surface area (Å²) in [5, 5.41) is 11.5. The van der Waals surface area contributed by atoms with Gasteiger partial charge in [0.05, 0.1) is 17.7 Å². The fourth-order valence-corrected chi connectivity index (χ4v) is 4.45. The minimum Gasteiger partial charge on any atom is -0.392 e. The predicted octanol–water partition coefficient (Wildman–Crippen LogP) is 2.69. The first-order valence-electron chi connectivity index (χ1n) is 8.90. The van der Waals surface area contributed by atoms with Crippen molar-refractivity contribution in [3.05, 3.63) is 30.1 Å². The summed E-state index contributed by atoms with van der Waals surface area (Å²) in [6, 6.07) is 6.19. The minimum absolute atomic E-state index is 0.0512. The summed E-state index contributed by atoms with van der Waals surface area (Å²) >= 11 is 0. The van der Waals surface area contributed by atoms with E-state index in [2.05, 4.69) is 27.9 Å². The first kappa shape index (κ1) is 15.8. The van der Waals surface area contributed by atoms with Crippen LogP contribution in [0.1, 0.15) is 31.7 Å². The number of benzene rings is 1. The highest BCUT2D eigenvalue weighted by Gasteiger charge is 2.56. The van der Waals surface area contributed by atoms with Crippen molar-refractivity contribution in [2.24, 2.45) is 5.41 Å². The fraction of sp³-hybridized carbons (Fsp3) is 0.579. The SMILES string of the molecule is CCO[C@@H]1C[C@@H](O)C12CCN(c1ncnc3cccc(C)c13)CC2. The Hall–Kier alpha value is -1.72. The lowest BCUT2D eigenvalue weighted by atomic mass is 9.58. The predicted molar refractivity (Wildman–Crippen MR) is 94.2 cm³/mol. The van der Waals surface area contributed by atoms with Crippen LogP contribution in [0.5, 0.6) is 0 Å². The van der Waals surface area contributed by atoms with E-state index in [9.17, 15) is 5.11 Å². The summed E-state index contributed by atoms with van der Waals surface area (Å²) in [4.78, 5) is 11.3. The minimum atomic E-state index is -0.222. The zero-order chi connectivity index (χ0) is 16.7. The smallest absolute Gasteiger partial charge is 0.140 e. The van der Waals surface area contributed by atoms with Crippen LogP contribution in [-0.2, 0) is 4.74 Å². The Morgan fingerprint density at radius 1 is 1.29 bits per heavy atom. The molecule has 2 atom stereocenters. The monoisotopic (exact) mass is 327 g/mol. The van der Waals surface area contributed by atoms with Gasteiger partial charge in [-0.05, 0) is 38.3 Å². The number of ether oxygens (including phenoxy) is 1. The van der Waals surface area contributed by atoms with Crippen molar-refractivity contribution in [2.45, 2.75) is 45.3 Å². The molecule has 0 bridgehead atoms. The van der Waals surface area contributed by atoms with E-state index in [1.54, 1.807) is 6.33 Å². The number of anilines is 1. The summed E-state index contributed by atoms with van der Waals surface area (Å²) < 4.78 is 5.87. The normalized spacial score (nSPS) is 25.9. The van der Waals surface area contributed by atoms with Gasteiger partial charge >= 0.3 is 0 Å². The lowest BCUT2D eigenvalue weighted by Crippen LogP contribution is -2.62. The summed E-state index contributed by atoms with van der Waals surface area (Å²) in [6.45, 7) is 6.67. The van der Waals surface area contributed by atoms with Gasteiger partial charge in [0.25, 0.3) is 0 Å². The quantitative estimate of drug-likeness (QED) is 0.939. The van der Waals surface area contributed by atoms with E-state index in [0.717, 1.165) is 55.7 Å². The highest BCUT2D eigenvalue weighted by Crippen LogP contribution is 2.51. The molecule has 1 saturated heterocycles. The van der Waals surface area contributed by atoms with Crippen LogP contribution in [0.2, 0.25) is 0 Å². The molecule has 2 aromatic rings. The van der Waals surface area contributed by atoms with Gasteiger partial charge in [0.15, 0.2) is 0 Å². The number of hydrogen-bond acceptors (Lipinski definition) is 5. The van der Waals surface area contributed by atoms with E-state index in [-0.39, 0.29) is 17.6 Å². The fourth-order valence-electron chi connectivity index (χ4n) is 4.45. The summed E-state index contributed by atoms with van der Waals surface area (Å²) in [6.07, 6.45) is 4.34. The topological polar surface area (TPSA) is 58.5 Å². The van der Waals surface area contributed by atoms with E-state index in [0.29, 0.717) is 0 Å². The highest BCUT2D eigenvalue weighted by molar-refractivity contribution is 5.92. The molecule has 0 amide bonds. The third-order valence-electron chi connectivity index (χ3n) is 5.96. The Balaban J connectivity index is 1.59. The number of nitrogens with zero attached hydrogens (tertiary/aromatic N) is 3. The molecule has 1 spiro atoms. The van der Waals surface area contributed by atoms with Crippen molar-refractivity contribution in [1.29, 1.82) is 0 Å². The number of hydrogen-bond donors (Lipinski definition) is 1. The number of aliphatic hydroxyl groups is 1. The summed E-state index contributed by atoms with van der Waals surface area (Å²) in [7, 11) is 0. The average molecular weight is 327 g/mol. The molecule has 1 saturated carbocycles. The van der Waals surface area contributed by atoms with E-state index >= 15 is 0 Å². The van der Waals surface area contributed by atoms with Crippen LogP contribution in [0.4, 0.5) is 5.82 Å². The van der Waals surface area contributed by atoms with Crippen molar-refractivity contribution < 1.29 is 9.84 Å². The van der Waals surface area contributed by atoms with E-state index in [1.165, 1.54) is 5.56 Å². The molecule has 0 unspecified atom stereocenters. The van der Waals surface area contributed by atoms with Crippen LogP contribution in [0, 0.1) is 12.3 Å². The van der Waals surface area contributed by atoms with Crippen LogP contribution in [0.25, 0.3) is 10.9 Å². The number of aromatic nitrogens is 2. The van der Waals surface area contributed by atoms with E-state index < -0.39 is 0 Å². The first-order chi connectivity index (χ1) is 11.7. The third kappa shape index (κ3) is 2.30. The Labute approximate surface area is 142 Å². The maximum absolute atomic E-state index is 10.4.